The maximum atomic E-state index is 3.85. The van der Waals surface area contributed by atoms with Crippen LogP contribution in [0.15, 0.2) is 37.6 Å². The minimum atomic E-state index is 0.375. The smallest absolute Gasteiger partial charge is 0.0464 e. The molecular formula is C14H29N. The third-order valence-electron chi connectivity index (χ3n) is 1.88. The standard InChI is InChI=1S/C10H17N.2C2H6/c1-6-9(4)11(5)10(7-2)8-3;2*1-2/h6-7,10H,1-2,4,8H2,3,5H3;2*1-2H3. The second-order valence-corrected chi connectivity index (χ2v) is 2.52. The molecular weight excluding hydrogens is 182 g/mol. The fourth-order valence-corrected chi connectivity index (χ4v) is 0.956. The fourth-order valence-electron chi connectivity index (χ4n) is 0.956. The first-order chi connectivity index (χ1) is 7.17. The van der Waals surface area contributed by atoms with Crippen molar-refractivity contribution in [1.82, 2.24) is 4.90 Å². The minimum Gasteiger partial charge on any atom is -0.369 e. The Hall–Kier alpha value is -0.980. The van der Waals surface area contributed by atoms with E-state index >= 15 is 0 Å². The van der Waals surface area contributed by atoms with Crippen LogP contribution < -0.4 is 0 Å². The van der Waals surface area contributed by atoms with Crippen molar-refractivity contribution in [2.24, 2.45) is 0 Å². The van der Waals surface area contributed by atoms with Crippen LogP contribution >= 0.6 is 0 Å². The first kappa shape index (κ1) is 19.6. The van der Waals surface area contributed by atoms with Crippen LogP contribution in [0.4, 0.5) is 0 Å². The van der Waals surface area contributed by atoms with Crippen molar-refractivity contribution < 1.29 is 0 Å². The van der Waals surface area contributed by atoms with Gasteiger partial charge in [-0.1, -0.05) is 53.9 Å². The highest BCUT2D eigenvalue weighted by Crippen LogP contribution is 2.09. The second-order valence-electron chi connectivity index (χ2n) is 2.52. The molecule has 0 radical (unpaired) electrons. The third kappa shape index (κ3) is 9.33. The molecule has 0 bridgehead atoms. The van der Waals surface area contributed by atoms with E-state index in [4.69, 9.17) is 0 Å². The van der Waals surface area contributed by atoms with E-state index in [1.807, 2.05) is 40.8 Å². The Kier molecular flexibility index (Phi) is 20.2. The van der Waals surface area contributed by atoms with Crippen LogP contribution in [0, 0.1) is 0 Å². The molecule has 0 aliphatic rings. The number of rotatable bonds is 5. The van der Waals surface area contributed by atoms with Gasteiger partial charge >= 0.3 is 0 Å². The van der Waals surface area contributed by atoms with E-state index in [1.54, 1.807) is 6.08 Å². The maximum absolute atomic E-state index is 3.85. The molecule has 0 aliphatic carbocycles. The van der Waals surface area contributed by atoms with Gasteiger partial charge in [0.15, 0.2) is 0 Å². The summed E-state index contributed by atoms with van der Waals surface area (Å²) in [5, 5.41) is 0. The first-order valence-electron chi connectivity index (χ1n) is 5.84. The number of likely N-dealkylation sites (N-methyl/N-ethyl adjacent to an activating group) is 1. The summed E-state index contributed by atoms with van der Waals surface area (Å²) >= 11 is 0. The summed E-state index contributed by atoms with van der Waals surface area (Å²) in [6, 6.07) is 0.375. The average Bonchev–Trinajstić information content (AvgIpc) is 2.34. The summed E-state index contributed by atoms with van der Waals surface area (Å²) in [5.41, 5.74) is 0.941. The molecule has 0 saturated carbocycles. The molecule has 0 N–H and O–H groups in total. The van der Waals surface area contributed by atoms with E-state index in [2.05, 4.69) is 31.6 Å². The Morgan fingerprint density at radius 1 is 1.20 bits per heavy atom. The van der Waals surface area contributed by atoms with Gasteiger partial charge in [-0.25, -0.2) is 0 Å². The van der Waals surface area contributed by atoms with Gasteiger partial charge in [0.2, 0.25) is 0 Å². The number of allylic oxidation sites excluding steroid dienone is 1. The highest BCUT2D eigenvalue weighted by atomic mass is 15.1. The Bertz CT molecular complexity index is 159. The zero-order valence-corrected chi connectivity index (χ0v) is 11.5. The van der Waals surface area contributed by atoms with E-state index in [9.17, 15) is 0 Å². The van der Waals surface area contributed by atoms with Gasteiger partial charge in [0.05, 0.1) is 0 Å². The quantitative estimate of drug-likeness (QED) is 0.473. The van der Waals surface area contributed by atoms with E-state index in [-0.39, 0.29) is 0 Å². The molecule has 15 heavy (non-hydrogen) atoms. The van der Waals surface area contributed by atoms with Gasteiger partial charge in [0.25, 0.3) is 0 Å². The molecule has 1 unspecified atom stereocenters. The Morgan fingerprint density at radius 3 is 1.80 bits per heavy atom. The molecule has 0 spiro atoms. The molecule has 0 aromatic rings. The molecule has 1 heteroatoms. The summed E-state index contributed by atoms with van der Waals surface area (Å²) in [5.74, 6) is 0. The zero-order valence-electron chi connectivity index (χ0n) is 11.5. The molecule has 1 nitrogen and oxygen atoms in total. The molecule has 0 heterocycles. The topological polar surface area (TPSA) is 3.24 Å². The van der Waals surface area contributed by atoms with E-state index in [1.165, 1.54) is 0 Å². The Labute approximate surface area is 97.2 Å². The van der Waals surface area contributed by atoms with Crippen LogP contribution in [0.1, 0.15) is 41.0 Å². The van der Waals surface area contributed by atoms with Crippen molar-refractivity contribution in [1.29, 1.82) is 0 Å². The molecule has 0 amide bonds. The second kappa shape index (κ2) is 15.5. The molecule has 90 valence electrons. The normalized spacial score (nSPS) is 9.47. The summed E-state index contributed by atoms with van der Waals surface area (Å²) in [7, 11) is 2.00. The third-order valence-corrected chi connectivity index (χ3v) is 1.88. The lowest BCUT2D eigenvalue weighted by Crippen LogP contribution is -2.27. The highest BCUT2D eigenvalue weighted by Gasteiger charge is 2.07. The highest BCUT2D eigenvalue weighted by molar-refractivity contribution is 5.12. The number of hydrogen-bond donors (Lipinski definition) is 0. The molecule has 1 atom stereocenters. The lowest BCUT2D eigenvalue weighted by Gasteiger charge is -2.26. The maximum Gasteiger partial charge on any atom is 0.0464 e. The van der Waals surface area contributed by atoms with E-state index in [0.717, 1.165) is 12.1 Å². The van der Waals surface area contributed by atoms with Gasteiger partial charge in [0, 0.05) is 18.8 Å². The molecule has 0 aromatic heterocycles. The summed E-state index contributed by atoms with van der Waals surface area (Å²) in [6.45, 7) is 21.4. The molecule has 0 fully saturated rings. The van der Waals surface area contributed by atoms with Crippen molar-refractivity contribution in [3.63, 3.8) is 0 Å². The Balaban J connectivity index is -0.000000318. The number of hydrogen-bond acceptors (Lipinski definition) is 1. The van der Waals surface area contributed by atoms with Gasteiger partial charge in [-0.2, -0.15) is 0 Å². The van der Waals surface area contributed by atoms with Crippen molar-refractivity contribution in [3.8, 4) is 0 Å². The SMILES string of the molecule is C=CC(=C)N(C)C(C=C)CC.CC.CC. The van der Waals surface area contributed by atoms with Crippen LogP contribution in [0.25, 0.3) is 0 Å². The lowest BCUT2D eigenvalue weighted by molar-refractivity contribution is 0.357. The van der Waals surface area contributed by atoms with Gasteiger partial charge in [0.1, 0.15) is 0 Å². The van der Waals surface area contributed by atoms with Crippen LogP contribution in [0.2, 0.25) is 0 Å². The molecule has 0 aliphatic heterocycles. The van der Waals surface area contributed by atoms with Crippen LogP contribution in [0.3, 0.4) is 0 Å². The van der Waals surface area contributed by atoms with Gasteiger partial charge < -0.3 is 4.90 Å². The fraction of sp³-hybridized carbons (Fsp3) is 0.571. The van der Waals surface area contributed by atoms with Gasteiger partial charge in [-0.3, -0.25) is 0 Å². The monoisotopic (exact) mass is 211 g/mol. The largest absolute Gasteiger partial charge is 0.369 e. The van der Waals surface area contributed by atoms with Crippen molar-refractivity contribution in [3.05, 3.63) is 37.6 Å². The average molecular weight is 211 g/mol. The van der Waals surface area contributed by atoms with Crippen LogP contribution in [0.5, 0.6) is 0 Å². The van der Waals surface area contributed by atoms with Gasteiger partial charge in [-0.05, 0) is 12.5 Å². The van der Waals surface area contributed by atoms with Crippen LogP contribution in [-0.2, 0) is 0 Å². The summed E-state index contributed by atoms with van der Waals surface area (Å²) in [4.78, 5) is 2.07. The minimum absolute atomic E-state index is 0.375. The first-order valence-corrected chi connectivity index (χ1v) is 5.84. The predicted molar refractivity (Wildman–Crippen MR) is 74.1 cm³/mol. The van der Waals surface area contributed by atoms with E-state index < -0.39 is 0 Å². The van der Waals surface area contributed by atoms with Crippen molar-refractivity contribution >= 4 is 0 Å². The van der Waals surface area contributed by atoms with E-state index in [0.29, 0.717) is 6.04 Å². The zero-order chi connectivity index (χ0) is 12.9. The van der Waals surface area contributed by atoms with Crippen LogP contribution in [-0.4, -0.2) is 18.0 Å². The molecule has 0 saturated heterocycles. The number of nitrogens with zero attached hydrogens (tertiary/aromatic N) is 1. The van der Waals surface area contributed by atoms with Gasteiger partial charge in [-0.15, -0.1) is 6.58 Å². The summed E-state index contributed by atoms with van der Waals surface area (Å²) in [6.07, 6.45) is 4.73. The predicted octanol–water partition coefficient (Wildman–Crippen LogP) is 4.63. The Morgan fingerprint density at radius 2 is 1.60 bits per heavy atom. The summed E-state index contributed by atoms with van der Waals surface area (Å²) < 4.78 is 0. The molecule has 0 aromatic carbocycles. The van der Waals surface area contributed by atoms with Crippen molar-refractivity contribution in [2.45, 2.75) is 47.1 Å². The van der Waals surface area contributed by atoms with Crippen molar-refractivity contribution in [2.75, 3.05) is 7.05 Å². The molecule has 0 rings (SSSR count). The lowest BCUT2D eigenvalue weighted by atomic mass is 10.2.